The van der Waals surface area contributed by atoms with E-state index in [9.17, 15) is 14.7 Å². The molecule has 146 valence electrons. The molecule has 0 saturated heterocycles. The van der Waals surface area contributed by atoms with Crippen LogP contribution in [0, 0.1) is 0 Å². The summed E-state index contributed by atoms with van der Waals surface area (Å²) in [7, 11) is 0. The number of rotatable bonds is 11. The van der Waals surface area contributed by atoms with E-state index in [0.29, 0.717) is 5.75 Å². The van der Waals surface area contributed by atoms with Gasteiger partial charge in [0.15, 0.2) is 5.75 Å². The van der Waals surface area contributed by atoms with Crippen LogP contribution in [0.4, 0.5) is 0 Å². The summed E-state index contributed by atoms with van der Waals surface area (Å²) in [5, 5.41) is 19.3. The summed E-state index contributed by atoms with van der Waals surface area (Å²) >= 11 is 0. The Labute approximate surface area is 156 Å². The smallest absolute Gasteiger partial charge is 0.383 e. The molecular weight excluding hydrogens is 352 g/mol. The van der Waals surface area contributed by atoms with E-state index in [-0.39, 0.29) is 35.5 Å². The topological polar surface area (TPSA) is 106 Å². The minimum absolute atomic E-state index is 0.0114. The molecule has 2 N–H and O–H groups in total. The molecule has 0 amide bonds. The molecule has 0 saturated carbocycles. The van der Waals surface area contributed by atoms with Crippen molar-refractivity contribution in [1.29, 1.82) is 0 Å². The average Bonchev–Trinajstić information content (AvgIpc) is 2.63. The Bertz CT molecular complexity index is 851. The van der Waals surface area contributed by atoms with Crippen molar-refractivity contribution in [2.45, 2.75) is 45.4 Å². The lowest BCUT2D eigenvalue weighted by atomic mass is 10.1. The maximum Gasteiger partial charge on any atom is 0.383 e. The zero-order valence-corrected chi connectivity index (χ0v) is 15.3. The van der Waals surface area contributed by atoms with Crippen molar-refractivity contribution in [2.24, 2.45) is 0 Å². The fourth-order valence-corrected chi connectivity index (χ4v) is 2.47. The number of aromatic hydroxyl groups is 1. The summed E-state index contributed by atoms with van der Waals surface area (Å²) in [6.07, 6.45) is 8.35. The number of unbranched alkanes of at least 4 members (excludes halogenated alkanes) is 4. The third-order valence-electron chi connectivity index (χ3n) is 3.90. The number of fused-ring (bicyclic) bond motifs is 1. The van der Waals surface area contributed by atoms with Crippen molar-refractivity contribution in [1.82, 2.24) is 0 Å². The lowest BCUT2D eigenvalue weighted by Crippen LogP contribution is -2.05. The van der Waals surface area contributed by atoms with E-state index >= 15 is 0 Å². The Kier molecular flexibility index (Phi) is 7.73. The molecule has 0 aliphatic carbocycles. The molecule has 0 atom stereocenters. The van der Waals surface area contributed by atoms with Crippen LogP contribution in [-0.4, -0.2) is 22.8 Å². The van der Waals surface area contributed by atoms with Crippen LogP contribution >= 0.6 is 0 Å². The van der Waals surface area contributed by atoms with Gasteiger partial charge >= 0.3 is 11.6 Å². The van der Waals surface area contributed by atoms with E-state index in [0.717, 1.165) is 25.7 Å². The molecule has 1 heterocycles. The number of carbonyl (C=O) groups is 1. The maximum atomic E-state index is 12.0. The van der Waals surface area contributed by atoms with Gasteiger partial charge in [0.1, 0.15) is 11.3 Å². The molecule has 1 aromatic heterocycles. The van der Waals surface area contributed by atoms with E-state index in [1.54, 1.807) is 6.08 Å². The van der Waals surface area contributed by atoms with Gasteiger partial charge in [-0.05, 0) is 37.1 Å². The van der Waals surface area contributed by atoms with Crippen molar-refractivity contribution in [2.75, 3.05) is 6.61 Å². The lowest BCUT2D eigenvalue weighted by molar-refractivity contribution is -0.137. The van der Waals surface area contributed by atoms with Gasteiger partial charge in [-0.25, -0.2) is 4.79 Å². The molecule has 7 heteroatoms. The molecule has 0 fully saturated rings. The first-order chi connectivity index (χ1) is 13.0. The van der Waals surface area contributed by atoms with Gasteiger partial charge in [-0.15, -0.1) is 0 Å². The van der Waals surface area contributed by atoms with Gasteiger partial charge < -0.3 is 24.1 Å². The van der Waals surface area contributed by atoms with Crippen LogP contribution in [0.25, 0.3) is 11.0 Å². The molecule has 0 spiro atoms. The van der Waals surface area contributed by atoms with Crippen LogP contribution in [0.1, 0.15) is 45.4 Å². The number of benzene rings is 1. The number of allylic oxidation sites excluding steroid dienone is 1. The van der Waals surface area contributed by atoms with Crippen LogP contribution < -0.4 is 15.1 Å². The van der Waals surface area contributed by atoms with Gasteiger partial charge in [-0.1, -0.05) is 26.2 Å². The zero-order chi connectivity index (χ0) is 19.6. The minimum atomic E-state index is -0.971. The van der Waals surface area contributed by atoms with Gasteiger partial charge in [0.25, 0.3) is 5.75 Å². The van der Waals surface area contributed by atoms with E-state index in [1.165, 1.54) is 30.9 Å². The standard InChI is InChI=1S/C20H24O7/c1-2-3-4-5-6-7-11-26-19-18(23)15-13-14(25-12-10-17(21)22)8-9-16(15)27-20(19)24/h7-9,11,13,23H,2-6,10,12H2,1H3,(H,21,22)/b11-7+. The normalized spacial score (nSPS) is 11.1. The molecular formula is C20H24O7. The first-order valence-corrected chi connectivity index (χ1v) is 8.99. The average molecular weight is 376 g/mol. The first-order valence-electron chi connectivity index (χ1n) is 8.99. The fourth-order valence-electron chi connectivity index (χ4n) is 2.47. The van der Waals surface area contributed by atoms with E-state index in [1.807, 2.05) is 0 Å². The molecule has 1 aromatic carbocycles. The van der Waals surface area contributed by atoms with Crippen molar-refractivity contribution in [3.63, 3.8) is 0 Å². The molecule has 7 nitrogen and oxygen atoms in total. The Hall–Kier alpha value is -2.96. The van der Waals surface area contributed by atoms with E-state index in [2.05, 4.69) is 6.92 Å². The highest BCUT2D eigenvalue weighted by Gasteiger charge is 2.15. The number of hydrogen-bond donors (Lipinski definition) is 2. The largest absolute Gasteiger partial charge is 0.504 e. The minimum Gasteiger partial charge on any atom is -0.504 e. The van der Waals surface area contributed by atoms with Crippen molar-refractivity contribution in [3.05, 3.63) is 41.0 Å². The van der Waals surface area contributed by atoms with Gasteiger partial charge in [-0.2, -0.15) is 0 Å². The Morgan fingerprint density at radius 1 is 1.26 bits per heavy atom. The van der Waals surface area contributed by atoms with E-state index < -0.39 is 11.6 Å². The van der Waals surface area contributed by atoms with Crippen LogP contribution in [-0.2, 0) is 4.79 Å². The third-order valence-corrected chi connectivity index (χ3v) is 3.90. The van der Waals surface area contributed by atoms with E-state index in [4.69, 9.17) is 19.0 Å². The first kappa shape index (κ1) is 20.4. The quantitative estimate of drug-likeness (QED) is 0.344. The molecule has 0 bridgehead atoms. The summed E-state index contributed by atoms with van der Waals surface area (Å²) in [4.78, 5) is 22.6. The van der Waals surface area contributed by atoms with Gasteiger partial charge in [0.05, 0.1) is 24.7 Å². The van der Waals surface area contributed by atoms with Crippen molar-refractivity contribution < 1.29 is 28.9 Å². The molecule has 27 heavy (non-hydrogen) atoms. The van der Waals surface area contributed by atoms with Gasteiger partial charge in [0, 0.05) is 0 Å². The number of carboxylic acids is 1. The monoisotopic (exact) mass is 376 g/mol. The Morgan fingerprint density at radius 3 is 2.81 bits per heavy atom. The maximum absolute atomic E-state index is 12.0. The lowest BCUT2D eigenvalue weighted by Gasteiger charge is -2.08. The van der Waals surface area contributed by atoms with Gasteiger partial charge in [0.2, 0.25) is 0 Å². The Morgan fingerprint density at radius 2 is 2.07 bits per heavy atom. The highest BCUT2D eigenvalue weighted by atomic mass is 16.5. The predicted molar refractivity (Wildman–Crippen MR) is 100 cm³/mol. The second kappa shape index (κ2) is 10.3. The van der Waals surface area contributed by atoms with Crippen molar-refractivity contribution >= 4 is 16.9 Å². The second-order valence-electron chi connectivity index (χ2n) is 6.06. The predicted octanol–water partition coefficient (Wildman–Crippen LogP) is 4.22. The number of carboxylic acid groups (broad SMARTS) is 1. The molecule has 2 rings (SSSR count). The molecule has 0 unspecified atom stereocenters. The summed E-state index contributed by atoms with van der Waals surface area (Å²) in [6.45, 7) is 2.13. The summed E-state index contributed by atoms with van der Waals surface area (Å²) in [5.74, 6) is -1.26. The second-order valence-corrected chi connectivity index (χ2v) is 6.06. The molecule has 0 radical (unpaired) electrons. The van der Waals surface area contributed by atoms with Crippen molar-refractivity contribution in [3.8, 4) is 17.2 Å². The molecule has 0 aliphatic heterocycles. The zero-order valence-electron chi connectivity index (χ0n) is 15.3. The highest BCUT2D eigenvalue weighted by molar-refractivity contribution is 5.86. The SMILES string of the molecule is CCCCCC/C=C/Oc1c(O)c2cc(OCCC(=O)O)ccc2oc1=O. The fraction of sp³-hybridized carbons (Fsp3) is 0.400. The van der Waals surface area contributed by atoms with Crippen LogP contribution in [0.2, 0.25) is 0 Å². The molecule has 0 aliphatic rings. The number of aliphatic carboxylic acids is 1. The number of ether oxygens (including phenoxy) is 2. The van der Waals surface area contributed by atoms with Crippen LogP contribution in [0.3, 0.4) is 0 Å². The van der Waals surface area contributed by atoms with Crippen LogP contribution in [0.15, 0.2) is 39.7 Å². The van der Waals surface area contributed by atoms with Crippen LogP contribution in [0.5, 0.6) is 17.2 Å². The number of hydrogen-bond acceptors (Lipinski definition) is 6. The summed E-state index contributed by atoms with van der Waals surface area (Å²) in [6, 6.07) is 4.47. The third kappa shape index (κ3) is 6.06. The highest BCUT2D eigenvalue weighted by Crippen LogP contribution is 2.33. The van der Waals surface area contributed by atoms with Gasteiger partial charge in [-0.3, -0.25) is 4.79 Å². The molecule has 2 aromatic rings. The Balaban J connectivity index is 2.10. The summed E-state index contributed by atoms with van der Waals surface area (Å²) < 4.78 is 15.8. The summed E-state index contributed by atoms with van der Waals surface area (Å²) in [5.41, 5.74) is -0.603.